The maximum absolute atomic E-state index is 12.8. The smallest absolute Gasteiger partial charge is 0.243 e. The van der Waals surface area contributed by atoms with Gasteiger partial charge in [-0.3, -0.25) is 9.59 Å². The molecule has 1 fully saturated rings. The lowest BCUT2D eigenvalue weighted by molar-refractivity contribution is -0.131. The van der Waals surface area contributed by atoms with E-state index in [0.717, 1.165) is 42.5 Å². The number of benzene rings is 2. The second kappa shape index (κ2) is 7.92. The molecule has 0 heterocycles. The lowest BCUT2D eigenvalue weighted by Gasteiger charge is -2.40. The molecule has 2 aromatic rings. The molecule has 2 aromatic carbocycles. The fraction of sp³-hybridized carbons (Fsp3) is 0.333. The van der Waals surface area contributed by atoms with Crippen molar-refractivity contribution < 1.29 is 9.59 Å². The first-order chi connectivity index (χ1) is 12.5. The zero-order valence-corrected chi connectivity index (χ0v) is 15.6. The Kier molecular flexibility index (Phi) is 5.62. The molecule has 0 unspecified atom stereocenters. The van der Waals surface area contributed by atoms with E-state index in [1.54, 1.807) is 6.07 Å². The molecule has 3 rings (SSSR count). The van der Waals surface area contributed by atoms with E-state index in [2.05, 4.69) is 10.6 Å². The fourth-order valence-corrected chi connectivity index (χ4v) is 3.63. The summed E-state index contributed by atoms with van der Waals surface area (Å²) in [4.78, 5) is 25.1. The van der Waals surface area contributed by atoms with Crippen molar-refractivity contribution in [1.82, 2.24) is 5.32 Å². The summed E-state index contributed by atoms with van der Waals surface area (Å²) in [6, 6.07) is 15.1. The van der Waals surface area contributed by atoms with Gasteiger partial charge in [0.1, 0.15) is 0 Å². The Morgan fingerprint density at radius 2 is 1.88 bits per heavy atom. The highest BCUT2D eigenvalue weighted by Gasteiger charge is 2.45. The van der Waals surface area contributed by atoms with Gasteiger partial charge in [-0.1, -0.05) is 55.3 Å². The number of para-hydroxylation sites is 1. The second-order valence-electron chi connectivity index (χ2n) is 6.69. The van der Waals surface area contributed by atoms with Crippen LogP contribution in [0.2, 0.25) is 5.02 Å². The van der Waals surface area contributed by atoms with Crippen molar-refractivity contribution in [1.29, 1.82) is 0 Å². The van der Waals surface area contributed by atoms with Crippen LogP contribution < -0.4 is 10.6 Å². The Bertz CT molecular complexity index is 815. The van der Waals surface area contributed by atoms with Gasteiger partial charge in [0.25, 0.3) is 0 Å². The first-order valence-corrected chi connectivity index (χ1v) is 9.35. The molecular weight excluding hydrogens is 348 g/mol. The number of hydrogen-bond donors (Lipinski definition) is 2. The van der Waals surface area contributed by atoms with Gasteiger partial charge in [-0.05, 0) is 48.6 Å². The molecule has 1 aliphatic rings. The normalized spacial score (nSPS) is 15.0. The third kappa shape index (κ3) is 3.75. The van der Waals surface area contributed by atoms with Crippen molar-refractivity contribution in [2.75, 3.05) is 11.9 Å². The topological polar surface area (TPSA) is 58.2 Å². The number of hydrogen-bond acceptors (Lipinski definition) is 2. The molecule has 0 aromatic heterocycles. The Morgan fingerprint density at radius 3 is 2.54 bits per heavy atom. The molecule has 136 valence electrons. The molecule has 0 spiro atoms. The summed E-state index contributed by atoms with van der Waals surface area (Å²) in [5.74, 6) is -0.329. The van der Waals surface area contributed by atoms with E-state index in [-0.39, 0.29) is 18.4 Å². The second-order valence-corrected chi connectivity index (χ2v) is 7.12. The van der Waals surface area contributed by atoms with Gasteiger partial charge in [0.05, 0.1) is 12.0 Å². The van der Waals surface area contributed by atoms with E-state index in [9.17, 15) is 9.59 Å². The zero-order chi connectivity index (χ0) is 18.6. The predicted molar refractivity (Wildman–Crippen MR) is 104 cm³/mol. The highest BCUT2D eigenvalue weighted by atomic mass is 35.5. The average molecular weight is 371 g/mol. The molecule has 0 aliphatic heterocycles. The van der Waals surface area contributed by atoms with Gasteiger partial charge in [-0.2, -0.15) is 0 Å². The molecule has 5 heteroatoms. The number of halogens is 1. The Labute approximate surface area is 158 Å². The van der Waals surface area contributed by atoms with Crippen molar-refractivity contribution in [2.45, 2.75) is 38.0 Å². The van der Waals surface area contributed by atoms with E-state index in [4.69, 9.17) is 11.6 Å². The summed E-state index contributed by atoms with van der Waals surface area (Å²) in [5.41, 5.74) is 2.22. The van der Waals surface area contributed by atoms with E-state index >= 15 is 0 Å². The summed E-state index contributed by atoms with van der Waals surface area (Å²) < 4.78 is 0. The molecule has 0 atom stereocenters. The maximum atomic E-state index is 12.8. The van der Waals surface area contributed by atoms with E-state index < -0.39 is 5.41 Å². The maximum Gasteiger partial charge on any atom is 0.243 e. The molecule has 0 saturated heterocycles. The highest BCUT2D eigenvalue weighted by molar-refractivity contribution is 6.30. The van der Waals surface area contributed by atoms with Crippen molar-refractivity contribution in [2.24, 2.45) is 0 Å². The van der Waals surface area contributed by atoms with Gasteiger partial charge in [0, 0.05) is 10.7 Å². The van der Waals surface area contributed by atoms with Gasteiger partial charge in [-0.25, -0.2) is 0 Å². The largest absolute Gasteiger partial charge is 0.346 e. The molecular formula is C21H23ClN2O2. The minimum Gasteiger partial charge on any atom is -0.346 e. The monoisotopic (exact) mass is 370 g/mol. The van der Waals surface area contributed by atoms with Gasteiger partial charge in [-0.15, -0.1) is 0 Å². The van der Waals surface area contributed by atoms with Crippen molar-refractivity contribution in [3.8, 4) is 0 Å². The Morgan fingerprint density at radius 1 is 1.12 bits per heavy atom. The molecule has 4 nitrogen and oxygen atoms in total. The Balaban J connectivity index is 1.63. The number of rotatable bonds is 6. The molecule has 1 saturated carbocycles. The minimum atomic E-state index is -0.563. The highest BCUT2D eigenvalue weighted by Crippen LogP contribution is 2.44. The molecule has 2 N–H and O–H groups in total. The van der Waals surface area contributed by atoms with Crippen LogP contribution in [0, 0.1) is 0 Å². The van der Waals surface area contributed by atoms with Crippen LogP contribution in [0.25, 0.3) is 0 Å². The van der Waals surface area contributed by atoms with E-state index in [0.29, 0.717) is 5.02 Å². The number of anilines is 1. The van der Waals surface area contributed by atoms with E-state index in [1.807, 2.05) is 49.4 Å². The van der Waals surface area contributed by atoms with Gasteiger partial charge in [0.2, 0.25) is 11.8 Å². The standard InChI is InChI=1S/C21H23ClN2O2/c1-2-15-7-3-4-10-18(15)24-19(25)14-23-20(26)21(11-6-12-21)16-8-5-9-17(22)13-16/h3-5,7-10,13H,2,6,11-12,14H2,1H3,(H,23,26)(H,24,25). The van der Waals surface area contributed by atoms with Crippen molar-refractivity contribution >= 4 is 29.1 Å². The number of carbonyl (C=O) groups excluding carboxylic acids is 2. The SMILES string of the molecule is CCc1ccccc1NC(=O)CNC(=O)C1(c2cccc(Cl)c2)CCC1. The number of aryl methyl sites for hydroxylation is 1. The molecule has 0 radical (unpaired) electrons. The third-order valence-electron chi connectivity index (χ3n) is 5.10. The van der Waals surface area contributed by atoms with E-state index in [1.165, 1.54) is 0 Å². The summed E-state index contributed by atoms with van der Waals surface area (Å²) in [5, 5.41) is 6.31. The van der Waals surface area contributed by atoms with Crippen LogP contribution in [0.1, 0.15) is 37.3 Å². The van der Waals surface area contributed by atoms with Gasteiger partial charge < -0.3 is 10.6 Å². The summed E-state index contributed by atoms with van der Waals surface area (Å²) in [6.07, 6.45) is 3.38. The molecule has 0 bridgehead atoms. The van der Waals surface area contributed by atoms with Crippen LogP contribution in [0.4, 0.5) is 5.69 Å². The number of amides is 2. The van der Waals surface area contributed by atoms with Crippen molar-refractivity contribution in [3.05, 3.63) is 64.7 Å². The molecule has 2 amide bonds. The van der Waals surface area contributed by atoms with Crippen molar-refractivity contribution in [3.63, 3.8) is 0 Å². The summed E-state index contributed by atoms with van der Waals surface area (Å²) in [6.45, 7) is 2.00. The average Bonchev–Trinajstić information content (AvgIpc) is 2.59. The van der Waals surface area contributed by atoms with Crippen LogP contribution in [0.15, 0.2) is 48.5 Å². The summed E-state index contributed by atoms with van der Waals surface area (Å²) >= 11 is 6.09. The lowest BCUT2D eigenvalue weighted by Crippen LogP contribution is -2.50. The van der Waals surface area contributed by atoms with Crippen LogP contribution in [-0.4, -0.2) is 18.4 Å². The predicted octanol–water partition coefficient (Wildman–Crippen LogP) is 4.08. The lowest BCUT2D eigenvalue weighted by atomic mass is 9.64. The number of carbonyl (C=O) groups is 2. The van der Waals surface area contributed by atoms with Crippen LogP contribution in [0.5, 0.6) is 0 Å². The summed E-state index contributed by atoms with van der Waals surface area (Å²) in [7, 11) is 0. The van der Waals surface area contributed by atoms with Crippen LogP contribution in [0.3, 0.4) is 0 Å². The minimum absolute atomic E-state index is 0.0425. The Hall–Kier alpha value is -2.33. The zero-order valence-electron chi connectivity index (χ0n) is 14.8. The van der Waals surface area contributed by atoms with Gasteiger partial charge in [0.15, 0.2) is 0 Å². The van der Waals surface area contributed by atoms with Crippen LogP contribution >= 0.6 is 11.6 Å². The first-order valence-electron chi connectivity index (χ1n) is 8.97. The third-order valence-corrected chi connectivity index (χ3v) is 5.34. The fourth-order valence-electron chi connectivity index (χ4n) is 3.44. The van der Waals surface area contributed by atoms with Gasteiger partial charge >= 0.3 is 0 Å². The molecule has 26 heavy (non-hydrogen) atoms. The quantitative estimate of drug-likeness (QED) is 0.804. The molecule has 1 aliphatic carbocycles. The first kappa shape index (κ1) is 18.5. The van der Waals surface area contributed by atoms with Crippen LogP contribution in [-0.2, 0) is 21.4 Å². The number of nitrogens with one attached hydrogen (secondary N) is 2.